The summed E-state index contributed by atoms with van der Waals surface area (Å²) >= 11 is 0. The smallest absolute Gasteiger partial charge is 0.228 e. The van der Waals surface area contributed by atoms with E-state index in [1.165, 1.54) is 19.6 Å². The molecule has 1 aliphatic rings. The van der Waals surface area contributed by atoms with E-state index in [1.807, 2.05) is 13.8 Å². The van der Waals surface area contributed by atoms with Gasteiger partial charge >= 0.3 is 0 Å². The highest BCUT2D eigenvalue weighted by molar-refractivity contribution is 5.40. The number of aryl methyl sites for hydroxylation is 1. The third kappa shape index (κ3) is 4.00. The first kappa shape index (κ1) is 17.5. The Balaban J connectivity index is 1.77. The van der Waals surface area contributed by atoms with Gasteiger partial charge in [-0.1, -0.05) is 6.07 Å². The fourth-order valence-electron chi connectivity index (χ4n) is 2.92. The second kappa shape index (κ2) is 7.68. The molecule has 0 radical (unpaired) electrons. The zero-order chi connectivity index (χ0) is 17.8. The van der Waals surface area contributed by atoms with Crippen LogP contribution in [0.3, 0.4) is 0 Å². The summed E-state index contributed by atoms with van der Waals surface area (Å²) in [6, 6.07) is 4.82. The molecule has 0 atom stereocenters. The first-order valence-corrected chi connectivity index (χ1v) is 8.64. The zero-order valence-electron chi connectivity index (χ0n) is 15.0. The Bertz CT molecular complexity index is 746. The van der Waals surface area contributed by atoms with Gasteiger partial charge in [0.05, 0.1) is 7.11 Å². The van der Waals surface area contributed by atoms with Crippen molar-refractivity contribution in [2.75, 3.05) is 25.1 Å². The third-order valence-corrected chi connectivity index (χ3v) is 4.56. The van der Waals surface area contributed by atoms with Crippen molar-refractivity contribution < 1.29 is 13.9 Å². The molecule has 0 bridgehead atoms. The van der Waals surface area contributed by atoms with Crippen LogP contribution in [0.1, 0.15) is 36.1 Å². The number of hydrogen-bond donors (Lipinski definition) is 0. The molecule has 1 fully saturated rings. The van der Waals surface area contributed by atoms with E-state index < -0.39 is 5.82 Å². The zero-order valence-corrected chi connectivity index (χ0v) is 15.0. The summed E-state index contributed by atoms with van der Waals surface area (Å²) in [4.78, 5) is 11.4. The normalized spacial score (nSPS) is 14.5. The molecule has 25 heavy (non-hydrogen) atoms. The molecule has 0 saturated carbocycles. The number of anilines is 1. The minimum absolute atomic E-state index is 0.227. The maximum absolute atomic E-state index is 13.8. The van der Waals surface area contributed by atoms with Crippen molar-refractivity contribution in [2.24, 2.45) is 0 Å². The fraction of sp³-hybridized carbons (Fsp3) is 0.474. The molecule has 134 valence electrons. The summed E-state index contributed by atoms with van der Waals surface area (Å²) in [5.74, 6) is 1.11. The number of aromatic nitrogens is 2. The predicted molar refractivity (Wildman–Crippen MR) is 94.9 cm³/mol. The molecule has 3 rings (SSSR count). The molecule has 0 N–H and O–H groups in total. The van der Waals surface area contributed by atoms with E-state index in [-0.39, 0.29) is 12.4 Å². The highest BCUT2D eigenvalue weighted by Crippen LogP contribution is 2.25. The van der Waals surface area contributed by atoms with Gasteiger partial charge in [0.15, 0.2) is 11.6 Å². The Kier molecular flexibility index (Phi) is 5.36. The SMILES string of the molecule is COc1ccc(COc2nc(N3CCCCC3)nc(C)c2C)cc1F. The van der Waals surface area contributed by atoms with E-state index in [0.29, 0.717) is 5.88 Å². The van der Waals surface area contributed by atoms with E-state index in [0.717, 1.165) is 48.7 Å². The average molecular weight is 345 g/mol. The lowest BCUT2D eigenvalue weighted by molar-refractivity contribution is 0.289. The first-order valence-electron chi connectivity index (χ1n) is 8.64. The molecule has 1 aromatic heterocycles. The summed E-state index contributed by atoms with van der Waals surface area (Å²) in [5.41, 5.74) is 2.55. The van der Waals surface area contributed by atoms with Gasteiger partial charge in [-0.3, -0.25) is 0 Å². The van der Waals surface area contributed by atoms with Gasteiger partial charge in [-0.05, 0) is 50.8 Å². The Morgan fingerprint density at radius 3 is 2.56 bits per heavy atom. The number of hydrogen-bond acceptors (Lipinski definition) is 5. The maximum atomic E-state index is 13.8. The van der Waals surface area contributed by atoms with E-state index in [1.54, 1.807) is 12.1 Å². The van der Waals surface area contributed by atoms with Crippen molar-refractivity contribution in [3.63, 3.8) is 0 Å². The lowest BCUT2D eigenvalue weighted by atomic mass is 10.1. The molecule has 0 aliphatic carbocycles. The van der Waals surface area contributed by atoms with Gasteiger partial charge < -0.3 is 14.4 Å². The van der Waals surface area contributed by atoms with Crippen LogP contribution in [-0.4, -0.2) is 30.2 Å². The molecule has 1 saturated heterocycles. The first-order chi connectivity index (χ1) is 12.1. The van der Waals surface area contributed by atoms with Crippen LogP contribution < -0.4 is 14.4 Å². The van der Waals surface area contributed by atoms with Crippen LogP contribution in [-0.2, 0) is 6.61 Å². The van der Waals surface area contributed by atoms with Gasteiger partial charge in [-0.2, -0.15) is 4.98 Å². The Morgan fingerprint density at radius 1 is 1.12 bits per heavy atom. The van der Waals surface area contributed by atoms with Crippen molar-refractivity contribution in [3.8, 4) is 11.6 Å². The molecule has 0 spiro atoms. The number of nitrogens with zero attached hydrogens (tertiary/aromatic N) is 3. The molecule has 2 heterocycles. The Labute approximate surface area is 147 Å². The van der Waals surface area contributed by atoms with Gasteiger partial charge in [0.2, 0.25) is 11.8 Å². The van der Waals surface area contributed by atoms with E-state index in [4.69, 9.17) is 9.47 Å². The van der Waals surface area contributed by atoms with E-state index in [9.17, 15) is 4.39 Å². The third-order valence-electron chi connectivity index (χ3n) is 4.56. The molecular formula is C19H24FN3O2. The molecular weight excluding hydrogens is 321 g/mol. The minimum Gasteiger partial charge on any atom is -0.494 e. The average Bonchev–Trinajstić information content (AvgIpc) is 2.63. The standard InChI is InChI=1S/C19H24FN3O2/c1-13-14(2)21-19(23-9-5-4-6-10-23)22-18(13)25-12-15-7-8-17(24-3)16(20)11-15/h7-8,11H,4-6,9-10,12H2,1-3H3. The molecule has 2 aromatic rings. The molecule has 5 nitrogen and oxygen atoms in total. The van der Waals surface area contributed by atoms with Crippen LogP contribution in [0.15, 0.2) is 18.2 Å². The number of rotatable bonds is 5. The lowest BCUT2D eigenvalue weighted by Gasteiger charge is -2.27. The fourth-order valence-corrected chi connectivity index (χ4v) is 2.92. The maximum Gasteiger partial charge on any atom is 0.228 e. The predicted octanol–water partition coefficient (Wildman–Crippen LogP) is 3.81. The van der Waals surface area contributed by atoms with Crippen LogP contribution in [0, 0.1) is 19.7 Å². The topological polar surface area (TPSA) is 47.5 Å². The molecule has 0 unspecified atom stereocenters. The van der Waals surface area contributed by atoms with Crippen LogP contribution in [0.4, 0.5) is 10.3 Å². The number of ether oxygens (including phenoxy) is 2. The number of piperidine rings is 1. The largest absolute Gasteiger partial charge is 0.494 e. The quantitative estimate of drug-likeness (QED) is 0.825. The second-order valence-electron chi connectivity index (χ2n) is 6.34. The molecule has 1 aromatic carbocycles. The van der Waals surface area contributed by atoms with Gasteiger partial charge in [0, 0.05) is 24.3 Å². The summed E-state index contributed by atoms with van der Waals surface area (Å²) in [5, 5.41) is 0. The van der Waals surface area contributed by atoms with Crippen LogP contribution in [0.2, 0.25) is 0 Å². The minimum atomic E-state index is -0.395. The van der Waals surface area contributed by atoms with Gasteiger partial charge in [0.25, 0.3) is 0 Å². The molecule has 1 aliphatic heterocycles. The number of halogens is 1. The van der Waals surface area contributed by atoms with Gasteiger partial charge in [-0.25, -0.2) is 9.37 Å². The monoisotopic (exact) mass is 345 g/mol. The second-order valence-corrected chi connectivity index (χ2v) is 6.34. The summed E-state index contributed by atoms with van der Waals surface area (Å²) in [6.45, 7) is 6.11. The lowest BCUT2D eigenvalue weighted by Crippen LogP contribution is -2.31. The number of methoxy groups -OCH3 is 1. The van der Waals surface area contributed by atoms with Crippen LogP contribution in [0.5, 0.6) is 11.6 Å². The van der Waals surface area contributed by atoms with Crippen molar-refractivity contribution in [1.82, 2.24) is 9.97 Å². The van der Waals surface area contributed by atoms with Crippen molar-refractivity contribution in [1.29, 1.82) is 0 Å². The Morgan fingerprint density at radius 2 is 1.88 bits per heavy atom. The summed E-state index contributed by atoms with van der Waals surface area (Å²) in [7, 11) is 1.45. The van der Waals surface area contributed by atoms with Crippen molar-refractivity contribution in [3.05, 3.63) is 40.8 Å². The van der Waals surface area contributed by atoms with Crippen molar-refractivity contribution >= 4 is 5.95 Å². The highest BCUT2D eigenvalue weighted by atomic mass is 19.1. The number of benzene rings is 1. The van der Waals surface area contributed by atoms with Gasteiger partial charge in [0.1, 0.15) is 6.61 Å². The molecule has 6 heteroatoms. The van der Waals surface area contributed by atoms with Crippen molar-refractivity contribution in [2.45, 2.75) is 39.7 Å². The summed E-state index contributed by atoms with van der Waals surface area (Å²) in [6.07, 6.45) is 3.59. The van der Waals surface area contributed by atoms with Gasteiger partial charge in [-0.15, -0.1) is 0 Å². The van der Waals surface area contributed by atoms with Crippen LogP contribution >= 0.6 is 0 Å². The van der Waals surface area contributed by atoms with E-state index >= 15 is 0 Å². The highest BCUT2D eigenvalue weighted by Gasteiger charge is 2.17. The van der Waals surface area contributed by atoms with Crippen LogP contribution in [0.25, 0.3) is 0 Å². The molecule has 0 amide bonds. The Hall–Kier alpha value is -2.37. The van der Waals surface area contributed by atoms with E-state index in [2.05, 4.69) is 14.9 Å². The summed E-state index contributed by atoms with van der Waals surface area (Å²) < 4.78 is 24.6.